The van der Waals surface area contributed by atoms with Gasteiger partial charge in [-0.05, 0) is 30.5 Å². The summed E-state index contributed by atoms with van der Waals surface area (Å²) in [5.41, 5.74) is 1.19. The van der Waals surface area contributed by atoms with Gasteiger partial charge in [-0.2, -0.15) is 0 Å². The number of anilines is 1. The van der Waals surface area contributed by atoms with Crippen LogP contribution >= 0.6 is 22.9 Å². The van der Waals surface area contributed by atoms with Crippen molar-refractivity contribution < 1.29 is 14.3 Å². The average Bonchev–Trinajstić information content (AvgIpc) is 3.20. The molecule has 6 nitrogen and oxygen atoms in total. The highest BCUT2D eigenvalue weighted by molar-refractivity contribution is 7.14. The van der Waals surface area contributed by atoms with Crippen molar-refractivity contribution in [3.05, 3.63) is 46.6 Å². The Morgan fingerprint density at radius 1 is 1.36 bits per heavy atom. The molecule has 0 aliphatic carbocycles. The number of ether oxygens (including phenoxy) is 1. The molecule has 0 aliphatic rings. The molecule has 0 aliphatic heterocycles. The van der Waals surface area contributed by atoms with Crippen LogP contribution in [0.5, 0.6) is 0 Å². The van der Waals surface area contributed by atoms with Gasteiger partial charge in [0, 0.05) is 35.1 Å². The number of thiazole rings is 1. The van der Waals surface area contributed by atoms with E-state index < -0.39 is 5.97 Å². The lowest BCUT2D eigenvalue weighted by molar-refractivity contribution is -0.116. The largest absolute Gasteiger partial charge is 0.461 e. The van der Waals surface area contributed by atoms with Gasteiger partial charge in [-0.1, -0.05) is 17.7 Å². The van der Waals surface area contributed by atoms with Crippen LogP contribution in [0.1, 0.15) is 23.8 Å². The highest BCUT2D eigenvalue weighted by Gasteiger charge is 2.13. The van der Waals surface area contributed by atoms with Crippen LogP contribution in [0.3, 0.4) is 0 Å². The normalized spacial score (nSPS) is 10.8. The molecule has 0 unspecified atom stereocenters. The van der Waals surface area contributed by atoms with Crippen molar-refractivity contribution in [3.8, 4) is 0 Å². The summed E-state index contributed by atoms with van der Waals surface area (Å²) in [6, 6.07) is 7.64. The van der Waals surface area contributed by atoms with E-state index in [2.05, 4.69) is 10.3 Å². The van der Waals surface area contributed by atoms with Gasteiger partial charge in [0.15, 0.2) is 10.8 Å². The van der Waals surface area contributed by atoms with Crippen molar-refractivity contribution in [3.63, 3.8) is 0 Å². The first kappa shape index (κ1) is 17.4. The third-order valence-corrected chi connectivity index (χ3v) is 4.54. The van der Waals surface area contributed by atoms with Gasteiger partial charge in [-0.3, -0.25) is 4.79 Å². The topological polar surface area (TPSA) is 73.2 Å². The molecule has 3 aromatic rings. The lowest BCUT2D eigenvalue weighted by Gasteiger charge is -2.06. The van der Waals surface area contributed by atoms with Gasteiger partial charge in [0.05, 0.1) is 6.61 Å². The van der Waals surface area contributed by atoms with Crippen LogP contribution in [0.25, 0.3) is 10.9 Å². The minimum Gasteiger partial charge on any atom is -0.461 e. The third-order valence-electron chi connectivity index (χ3n) is 3.55. The Bertz CT molecular complexity index is 919. The monoisotopic (exact) mass is 377 g/mol. The van der Waals surface area contributed by atoms with Crippen molar-refractivity contribution in [1.82, 2.24) is 9.55 Å². The van der Waals surface area contributed by atoms with Crippen molar-refractivity contribution in [2.24, 2.45) is 0 Å². The fraction of sp³-hybridized carbons (Fsp3) is 0.235. The fourth-order valence-corrected chi connectivity index (χ4v) is 3.25. The Kier molecular flexibility index (Phi) is 5.35. The van der Waals surface area contributed by atoms with E-state index in [9.17, 15) is 9.59 Å². The van der Waals surface area contributed by atoms with Crippen LogP contribution < -0.4 is 5.32 Å². The number of hydrogen-bond donors (Lipinski definition) is 1. The first-order chi connectivity index (χ1) is 12.1. The van der Waals surface area contributed by atoms with E-state index in [1.54, 1.807) is 12.3 Å². The summed E-state index contributed by atoms with van der Waals surface area (Å²) < 4.78 is 6.85. The zero-order valence-corrected chi connectivity index (χ0v) is 15.1. The van der Waals surface area contributed by atoms with Crippen molar-refractivity contribution in [1.29, 1.82) is 0 Å². The minimum atomic E-state index is -0.491. The molecule has 0 saturated heterocycles. The van der Waals surface area contributed by atoms with Crippen LogP contribution in [0.4, 0.5) is 5.13 Å². The SMILES string of the molecule is CCOC(=O)c1csc(NC(=O)CCn2ccc3ccc(Cl)cc32)n1. The van der Waals surface area contributed by atoms with Crippen LogP contribution in [0, 0.1) is 0 Å². The molecule has 8 heteroatoms. The number of amides is 1. The van der Waals surface area contributed by atoms with Gasteiger partial charge < -0.3 is 14.6 Å². The quantitative estimate of drug-likeness (QED) is 0.660. The molecule has 2 heterocycles. The molecule has 3 rings (SSSR count). The summed E-state index contributed by atoms with van der Waals surface area (Å²) in [6.07, 6.45) is 2.21. The van der Waals surface area contributed by atoms with E-state index in [1.807, 2.05) is 35.0 Å². The van der Waals surface area contributed by atoms with Crippen molar-refractivity contribution >= 4 is 50.8 Å². The second-order valence-corrected chi connectivity index (χ2v) is 6.56. The Labute approximate surface area is 153 Å². The highest BCUT2D eigenvalue weighted by Crippen LogP contribution is 2.21. The zero-order valence-electron chi connectivity index (χ0n) is 13.5. The minimum absolute atomic E-state index is 0.173. The summed E-state index contributed by atoms with van der Waals surface area (Å²) in [6.45, 7) is 2.53. The summed E-state index contributed by atoms with van der Waals surface area (Å²) in [5, 5.41) is 6.38. The molecule has 1 aromatic carbocycles. The highest BCUT2D eigenvalue weighted by atomic mass is 35.5. The molecule has 25 heavy (non-hydrogen) atoms. The van der Waals surface area contributed by atoms with Gasteiger partial charge in [0.1, 0.15) is 0 Å². The summed E-state index contributed by atoms with van der Waals surface area (Å²) in [5.74, 6) is -0.663. The fourth-order valence-electron chi connectivity index (χ4n) is 2.39. The van der Waals surface area contributed by atoms with Gasteiger partial charge >= 0.3 is 5.97 Å². The van der Waals surface area contributed by atoms with Crippen LogP contribution in [-0.2, 0) is 16.1 Å². The zero-order chi connectivity index (χ0) is 17.8. The first-order valence-corrected chi connectivity index (χ1v) is 8.99. The number of benzene rings is 1. The van der Waals surface area contributed by atoms with Crippen molar-refractivity contribution in [2.75, 3.05) is 11.9 Å². The average molecular weight is 378 g/mol. The molecule has 1 amide bonds. The number of aromatic nitrogens is 2. The predicted octanol–water partition coefficient (Wildman–Crippen LogP) is 3.96. The number of halogens is 1. The van der Waals surface area contributed by atoms with E-state index in [1.165, 1.54) is 11.3 Å². The van der Waals surface area contributed by atoms with E-state index in [4.69, 9.17) is 16.3 Å². The molecule has 0 atom stereocenters. The van der Waals surface area contributed by atoms with Crippen LogP contribution in [0.15, 0.2) is 35.8 Å². The van der Waals surface area contributed by atoms with Gasteiger partial charge in [0.2, 0.25) is 5.91 Å². The number of nitrogens with one attached hydrogen (secondary N) is 1. The van der Waals surface area contributed by atoms with E-state index in [0.717, 1.165) is 10.9 Å². The Hall–Kier alpha value is -2.38. The summed E-state index contributed by atoms with van der Waals surface area (Å²) >= 11 is 7.22. The number of fused-ring (bicyclic) bond motifs is 1. The molecule has 2 aromatic heterocycles. The standard InChI is InChI=1S/C17H16ClN3O3S/c1-2-24-16(23)13-10-25-17(19-13)20-15(22)6-8-21-7-5-11-3-4-12(18)9-14(11)21/h3-5,7,9-10H,2,6,8H2,1H3,(H,19,20,22). The van der Waals surface area contributed by atoms with E-state index >= 15 is 0 Å². The van der Waals surface area contributed by atoms with Gasteiger partial charge in [0.25, 0.3) is 0 Å². The second kappa shape index (κ2) is 7.67. The van der Waals surface area contributed by atoms with Gasteiger partial charge in [-0.25, -0.2) is 9.78 Å². The maximum Gasteiger partial charge on any atom is 0.357 e. The molecule has 0 saturated carbocycles. The molecule has 130 valence electrons. The number of esters is 1. The molecule has 0 radical (unpaired) electrons. The number of carbonyl (C=O) groups excluding carboxylic acids is 2. The Balaban J connectivity index is 1.59. The number of aryl methyl sites for hydroxylation is 1. The van der Waals surface area contributed by atoms with E-state index in [-0.39, 0.29) is 24.6 Å². The molecule has 0 bridgehead atoms. The second-order valence-electron chi connectivity index (χ2n) is 5.27. The number of nitrogens with zero attached hydrogens (tertiary/aromatic N) is 2. The smallest absolute Gasteiger partial charge is 0.357 e. The molecule has 1 N–H and O–H groups in total. The number of hydrogen-bond acceptors (Lipinski definition) is 5. The van der Waals surface area contributed by atoms with Crippen molar-refractivity contribution in [2.45, 2.75) is 19.9 Å². The third kappa shape index (κ3) is 4.18. The number of carbonyl (C=O) groups is 2. The molecule has 0 spiro atoms. The lowest BCUT2D eigenvalue weighted by atomic mass is 10.2. The summed E-state index contributed by atoms with van der Waals surface area (Å²) in [7, 11) is 0. The summed E-state index contributed by atoms with van der Waals surface area (Å²) in [4.78, 5) is 27.8. The molecular weight excluding hydrogens is 362 g/mol. The lowest BCUT2D eigenvalue weighted by Crippen LogP contribution is -2.14. The molecular formula is C17H16ClN3O3S. The predicted molar refractivity (Wildman–Crippen MR) is 98.3 cm³/mol. The van der Waals surface area contributed by atoms with E-state index in [0.29, 0.717) is 16.7 Å². The maximum absolute atomic E-state index is 12.1. The Morgan fingerprint density at radius 2 is 2.20 bits per heavy atom. The maximum atomic E-state index is 12.1. The van der Waals surface area contributed by atoms with Crippen LogP contribution in [0.2, 0.25) is 5.02 Å². The molecule has 0 fully saturated rings. The van der Waals surface area contributed by atoms with Crippen LogP contribution in [-0.4, -0.2) is 28.0 Å². The van der Waals surface area contributed by atoms with Gasteiger partial charge in [-0.15, -0.1) is 11.3 Å². The Morgan fingerprint density at radius 3 is 3.00 bits per heavy atom. The first-order valence-electron chi connectivity index (χ1n) is 7.73. The number of rotatable bonds is 6.